The van der Waals surface area contributed by atoms with E-state index in [0.29, 0.717) is 18.3 Å². The maximum absolute atomic E-state index is 11.7. The minimum Gasteiger partial charge on any atom is -0.378 e. The Balaban J connectivity index is 2.29. The van der Waals surface area contributed by atoms with Crippen LogP contribution in [0.3, 0.4) is 0 Å². The van der Waals surface area contributed by atoms with Crippen LogP contribution >= 0.6 is 0 Å². The van der Waals surface area contributed by atoms with Crippen molar-refractivity contribution in [3.8, 4) is 0 Å². The standard InChI is InChI=1S/C14H28N2O2/c1-10(2)14-12(5-4-8-18-14)9-16-13(17)7-6-11(3)15/h10-12,14H,4-9,15H2,1-3H3,(H,16,17). The van der Waals surface area contributed by atoms with Gasteiger partial charge in [0.05, 0.1) is 6.10 Å². The first kappa shape index (κ1) is 15.4. The zero-order chi connectivity index (χ0) is 13.5. The first-order valence-corrected chi connectivity index (χ1v) is 7.14. The summed E-state index contributed by atoms with van der Waals surface area (Å²) in [5.74, 6) is 1.08. The third-order valence-corrected chi connectivity index (χ3v) is 3.54. The molecule has 1 amide bonds. The van der Waals surface area contributed by atoms with Crippen molar-refractivity contribution in [2.24, 2.45) is 17.6 Å². The lowest BCUT2D eigenvalue weighted by atomic mass is 9.87. The summed E-state index contributed by atoms with van der Waals surface area (Å²) in [7, 11) is 0. The molecule has 3 N–H and O–H groups in total. The van der Waals surface area contributed by atoms with Crippen LogP contribution in [0.5, 0.6) is 0 Å². The van der Waals surface area contributed by atoms with Crippen LogP contribution in [-0.4, -0.2) is 31.2 Å². The third kappa shape index (κ3) is 5.36. The molecule has 1 heterocycles. The lowest BCUT2D eigenvalue weighted by molar-refractivity contribution is -0.122. The summed E-state index contributed by atoms with van der Waals surface area (Å²) in [5, 5.41) is 3.02. The Kier molecular flexibility index (Phi) is 6.65. The second-order valence-electron chi connectivity index (χ2n) is 5.80. The summed E-state index contributed by atoms with van der Waals surface area (Å²) in [5.41, 5.74) is 5.64. The van der Waals surface area contributed by atoms with Crippen molar-refractivity contribution in [3.05, 3.63) is 0 Å². The summed E-state index contributed by atoms with van der Waals surface area (Å²) in [6.45, 7) is 7.89. The summed E-state index contributed by atoms with van der Waals surface area (Å²) in [6, 6.07) is 0.0946. The van der Waals surface area contributed by atoms with Crippen molar-refractivity contribution in [2.45, 2.75) is 58.6 Å². The van der Waals surface area contributed by atoms with E-state index < -0.39 is 0 Å². The predicted octanol–water partition coefficient (Wildman–Crippen LogP) is 1.68. The molecule has 0 radical (unpaired) electrons. The lowest BCUT2D eigenvalue weighted by Gasteiger charge is -2.34. The van der Waals surface area contributed by atoms with Crippen LogP contribution in [0.25, 0.3) is 0 Å². The Bertz CT molecular complexity index is 254. The highest BCUT2D eigenvalue weighted by Crippen LogP contribution is 2.25. The molecule has 0 bridgehead atoms. The van der Waals surface area contributed by atoms with Crippen LogP contribution in [0.1, 0.15) is 46.5 Å². The van der Waals surface area contributed by atoms with Gasteiger partial charge in [0.1, 0.15) is 0 Å². The smallest absolute Gasteiger partial charge is 0.220 e. The first-order chi connectivity index (χ1) is 8.50. The normalized spacial score (nSPS) is 26.1. The van der Waals surface area contributed by atoms with Gasteiger partial charge in [0, 0.05) is 31.5 Å². The van der Waals surface area contributed by atoms with Gasteiger partial charge in [-0.3, -0.25) is 4.79 Å². The van der Waals surface area contributed by atoms with Gasteiger partial charge in [0.25, 0.3) is 0 Å². The monoisotopic (exact) mass is 256 g/mol. The topological polar surface area (TPSA) is 64.4 Å². The molecule has 0 spiro atoms. The number of nitrogens with two attached hydrogens (primary N) is 1. The quantitative estimate of drug-likeness (QED) is 0.760. The third-order valence-electron chi connectivity index (χ3n) is 3.54. The Morgan fingerprint density at radius 1 is 1.44 bits per heavy atom. The van der Waals surface area contributed by atoms with E-state index in [-0.39, 0.29) is 18.1 Å². The van der Waals surface area contributed by atoms with Gasteiger partial charge < -0.3 is 15.8 Å². The molecule has 0 aromatic heterocycles. The van der Waals surface area contributed by atoms with Crippen LogP contribution < -0.4 is 11.1 Å². The number of rotatable bonds is 6. The molecule has 0 aliphatic carbocycles. The zero-order valence-electron chi connectivity index (χ0n) is 11.9. The van der Waals surface area contributed by atoms with E-state index in [2.05, 4.69) is 19.2 Å². The van der Waals surface area contributed by atoms with Crippen LogP contribution in [0.15, 0.2) is 0 Å². The summed E-state index contributed by atoms with van der Waals surface area (Å²) < 4.78 is 5.81. The SMILES string of the molecule is CC(N)CCC(=O)NCC1CCCOC1C(C)C. The van der Waals surface area contributed by atoms with Crippen molar-refractivity contribution in [1.82, 2.24) is 5.32 Å². The first-order valence-electron chi connectivity index (χ1n) is 7.14. The Morgan fingerprint density at radius 3 is 2.78 bits per heavy atom. The van der Waals surface area contributed by atoms with Gasteiger partial charge in [-0.1, -0.05) is 13.8 Å². The maximum atomic E-state index is 11.7. The summed E-state index contributed by atoms with van der Waals surface area (Å²) in [4.78, 5) is 11.7. The van der Waals surface area contributed by atoms with Crippen molar-refractivity contribution < 1.29 is 9.53 Å². The van der Waals surface area contributed by atoms with Crippen LogP contribution in [0.2, 0.25) is 0 Å². The number of nitrogens with one attached hydrogen (secondary N) is 1. The van der Waals surface area contributed by atoms with E-state index in [1.54, 1.807) is 0 Å². The zero-order valence-corrected chi connectivity index (χ0v) is 11.9. The van der Waals surface area contributed by atoms with Gasteiger partial charge in [-0.15, -0.1) is 0 Å². The van der Waals surface area contributed by atoms with E-state index in [0.717, 1.165) is 32.4 Å². The average molecular weight is 256 g/mol. The largest absolute Gasteiger partial charge is 0.378 e. The molecule has 1 aliphatic heterocycles. The average Bonchev–Trinajstić information content (AvgIpc) is 2.34. The van der Waals surface area contributed by atoms with E-state index in [9.17, 15) is 4.79 Å². The van der Waals surface area contributed by atoms with Gasteiger partial charge in [0.15, 0.2) is 0 Å². The van der Waals surface area contributed by atoms with Crippen molar-refractivity contribution >= 4 is 5.91 Å². The van der Waals surface area contributed by atoms with Crippen molar-refractivity contribution in [2.75, 3.05) is 13.2 Å². The number of carbonyl (C=O) groups is 1. The van der Waals surface area contributed by atoms with Crippen LogP contribution in [0, 0.1) is 11.8 Å². The van der Waals surface area contributed by atoms with E-state index in [1.807, 2.05) is 6.92 Å². The highest BCUT2D eigenvalue weighted by molar-refractivity contribution is 5.75. The molecule has 1 aliphatic rings. The van der Waals surface area contributed by atoms with Crippen molar-refractivity contribution in [1.29, 1.82) is 0 Å². The highest BCUT2D eigenvalue weighted by atomic mass is 16.5. The van der Waals surface area contributed by atoms with Crippen LogP contribution in [0.4, 0.5) is 0 Å². The fourth-order valence-electron chi connectivity index (χ4n) is 2.51. The molecule has 0 saturated carbocycles. The maximum Gasteiger partial charge on any atom is 0.220 e. The highest BCUT2D eigenvalue weighted by Gasteiger charge is 2.28. The molecule has 0 aromatic carbocycles. The molecule has 1 saturated heterocycles. The summed E-state index contributed by atoms with van der Waals surface area (Å²) in [6.07, 6.45) is 3.81. The van der Waals surface area contributed by atoms with Gasteiger partial charge in [-0.2, -0.15) is 0 Å². The molecule has 4 heteroatoms. The molecular formula is C14H28N2O2. The van der Waals surface area contributed by atoms with E-state index in [4.69, 9.17) is 10.5 Å². The minimum atomic E-state index is 0.0946. The lowest BCUT2D eigenvalue weighted by Crippen LogP contribution is -2.41. The number of ether oxygens (including phenoxy) is 1. The van der Waals surface area contributed by atoms with E-state index in [1.165, 1.54) is 0 Å². The summed E-state index contributed by atoms with van der Waals surface area (Å²) >= 11 is 0. The van der Waals surface area contributed by atoms with Gasteiger partial charge in [0.2, 0.25) is 5.91 Å². The molecule has 3 unspecified atom stereocenters. The predicted molar refractivity (Wildman–Crippen MR) is 73.2 cm³/mol. The number of hydrogen-bond acceptors (Lipinski definition) is 3. The second kappa shape index (κ2) is 7.74. The number of amides is 1. The molecule has 4 nitrogen and oxygen atoms in total. The fourth-order valence-corrected chi connectivity index (χ4v) is 2.51. The van der Waals surface area contributed by atoms with Gasteiger partial charge in [-0.05, 0) is 32.1 Å². The Hall–Kier alpha value is -0.610. The molecule has 0 aromatic rings. The fraction of sp³-hybridized carbons (Fsp3) is 0.929. The number of hydrogen-bond donors (Lipinski definition) is 2. The van der Waals surface area contributed by atoms with Crippen LogP contribution in [-0.2, 0) is 9.53 Å². The van der Waals surface area contributed by atoms with Gasteiger partial charge in [-0.25, -0.2) is 0 Å². The molecule has 3 atom stereocenters. The molecule has 18 heavy (non-hydrogen) atoms. The number of carbonyl (C=O) groups excluding carboxylic acids is 1. The minimum absolute atomic E-state index is 0.0946. The Labute approximate surface area is 111 Å². The molecular weight excluding hydrogens is 228 g/mol. The van der Waals surface area contributed by atoms with Gasteiger partial charge >= 0.3 is 0 Å². The Morgan fingerprint density at radius 2 is 2.17 bits per heavy atom. The van der Waals surface area contributed by atoms with Crippen molar-refractivity contribution in [3.63, 3.8) is 0 Å². The second-order valence-corrected chi connectivity index (χ2v) is 5.80. The molecule has 106 valence electrons. The molecule has 1 rings (SSSR count). The molecule has 1 fully saturated rings. The van der Waals surface area contributed by atoms with E-state index >= 15 is 0 Å².